The van der Waals surface area contributed by atoms with Crippen molar-refractivity contribution in [2.75, 3.05) is 13.1 Å². The average molecular weight is 256 g/mol. The van der Waals surface area contributed by atoms with Gasteiger partial charge >= 0.3 is 0 Å². The molecule has 1 aromatic carbocycles. The van der Waals surface area contributed by atoms with Crippen LogP contribution in [0, 0.1) is 12.8 Å². The van der Waals surface area contributed by atoms with Gasteiger partial charge in [0, 0.05) is 18.1 Å². The molecule has 2 aromatic rings. The number of nitrogens with one attached hydrogen (secondary N) is 1. The predicted molar refractivity (Wildman–Crippen MR) is 78.5 cm³/mol. The summed E-state index contributed by atoms with van der Waals surface area (Å²) in [6.07, 6.45) is 4.37. The number of benzene rings is 1. The van der Waals surface area contributed by atoms with Gasteiger partial charge in [-0.05, 0) is 56.3 Å². The molecule has 1 aliphatic heterocycles. The van der Waals surface area contributed by atoms with Crippen LogP contribution in [-0.4, -0.2) is 17.7 Å². The largest absolute Gasteiger partial charge is 0.316 e. The second-order valence-electron chi connectivity index (χ2n) is 5.58. The van der Waals surface area contributed by atoms with E-state index in [1.165, 1.54) is 18.4 Å². The van der Waals surface area contributed by atoms with Gasteiger partial charge < -0.3 is 9.88 Å². The molecule has 0 radical (unpaired) electrons. The number of nitrogens with zero attached hydrogens (tertiary/aromatic N) is 1. The number of aromatic nitrogens is 1. The normalized spacial score (nSPS) is 19.7. The van der Waals surface area contributed by atoms with Crippen LogP contribution in [0.3, 0.4) is 0 Å². The van der Waals surface area contributed by atoms with E-state index in [1.54, 1.807) is 0 Å². The molecule has 100 valence electrons. The molecule has 1 atom stereocenters. The second kappa shape index (κ2) is 5.17. The molecule has 1 saturated heterocycles. The van der Waals surface area contributed by atoms with Crippen molar-refractivity contribution < 1.29 is 0 Å². The van der Waals surface area contributed by atoms with E-state index in [0.717, 1.165) is 30.4 Å². The number of fused-ring (bicyclic) bond motifs is 1. The van der Waals surface area contributed by atoms with E-state index in [1.807, 2.05) is 22.9 Å². The van der Waals surface area contributed by atoms with Crippen LogP contribution in [0.25, 0.3) is 10.8 Å². The van der Waals surface area contributed by atoms with E-state index in [0.29, 0.717) is 5.92 Å². The number of aryl methyl sites for hydroxylation is 1. The fourth-order valence-corrected chi connectivity index (χ4v) is 2.91. The van der Waals surface area contributed by atoms with Gasteiger partial charge in [0.1, 0.15) is 0 Å². The summed E-state index contributed by atoms with van der Waals surface area (Å²) in [5, 5.41) is 5.28. The van der Waals surface area contributed by atoms with Gasteiger partial charge in [-0.3, -0.25) is 4.79 Å². The molecule has 0 bridgehead atoms. The van der Waals surface area contributed by atoms with Gasteiger partial charge in [0.25, 0.3) is 5.56 Å². The molecule has 2 heterocycles. The van der Waals surface area contributed by atoms with E-state index in [2.05, 4.69) is 24.4 Å². The van der Waals surface area contributed by atoms with Crippen molar-refractivity contribution in [2.24, 2.45) is 5.92 Å². The molecule has 1 N–H and O–H groups in total. The van der Waals surface area contributed by atoms with Crippen molar-refractivity contribution in [3.05, 3.63) is 46.4 Å². The highest BCUT2D eigenvalue weighted by molar-refractivity contribution is 5.81. The molecule has 1 aliphatic rings. The van der Waals surface area contributed by atoms with Gasteiger partial charge in [-0.25, -0.2) is 0 Å². The van der Waals surface area contributed by atoms with Crippen LogP contribution < -0.4 is 10.9 Å². The molecule has 1 unspecified atom stereocenters. The van der Waals surface area contributed by atoms with Crippen LogP contribution in [-0.2, 0) is 6.54 Å². The molecular formula is C16H20N2O. The summed E-state index contributed by atoms with van der Waals surface area (Å²) in [7, 11) is 0. The monoisotopic (exact) mass is 256 g/mol. The number of hydrogen-bond acceptors (Lipinski definition) is 2. The Morgan fingerprint density at radius 1 is 1.37 bits per heavy atom. The Hall–Kier alpha value is -1.61. The maximum Gasteiger partial charge on any atom is 0.258 e. The zero-order chi connectivity index (χ0) is 13.2. The fraction of sp³-hybridized carbons (Fsp3) is 0.438. The van der Waals surface area contributed by atoms with Crippen LogP contribution >= 0.6 is 0 Å². The van der Waals surface area contributed by atoms with Crippen LogP contribution in [0.1, 0.15) is 18.4 Å². The third-order valence-corrected chi connectivity index (χ3v) is 3.99. The Balaban J connectivity index is 1.93. The topological polar surface area (TPSA) is 34.0 Å². The van der Waals surface area contributed by atoms with Crippen molar-refractivity contribution >= 4 is 10.8 Å². The maximum atomic E-state index is 12.5. The lowest BCUT2D eigenvalue weighted by Crippen LogP contribution is -2.34. The van der Waals surface area contributed by atoms with Gasteiger partial charge in [-0.15, -0.1) is 0 Å². The highest BCUT2D eigenvalue weighted by Gasteiger charge is 2.14. The van der Waals surface area contributed by atoms with E-state index >= 15 is 0 Å². The molecule has 0 saturated carbocycles. The Morgan fingerprint density at radius 3 is 3.05 bits per heavy atom. The summed E-state index contributed by atoms with van der Waals surface area (Å²) in [6, 6.07) is 8.09. The van der Waals surface area contributed by atoms with Crippen molar-refractivity contribution in [1.82, 2.24) is 9.88 Å². The number of hydrogen-bond donors (Lipinski definition) is 1. The molecule has 3 heteroatoms. The number of rotatable bonds is 2. The quantitative estimate of drug-likeness (QED) is 0.894. The maximum absolute atomic E-state index is 12.5. The van der Waals surface area contributed by atoms with Crippen LogP contribution in [0.2, 0.25) is 0 Å². The second-order valence-corrected chi connectivity index (χ2v) is 5.58. The molecule has 3 rings (SSSR count). The van der Waals surface area contributed by atoms with Crippen LogP contribution in [0.5, 0.6) is 0 Å². The van der Waals surface area contributed by atoms with E-state index in [4.69, 9.17) is 0 Å². The van der Waals surface area contributed by atoms with Gasteiger partial charge in [0.2, 0.25) is 0 Å². The SMILES string of the molecule is Cc1ccc2c(=O)n(CC3CCCNC3)ccc2c1. The summed E-state index contributed by atoms with van der Waals surface area (Å²) in [5.41, 5.74) is 1.34. The minimum Gasteiger partial charge on any atom is -0.316 e. The van der Waals surface area contributed by atoms with Gasteiger partial charge in [0.15, 0.2) is 0 Å². The minimum absolute atomic E-state index is 0.142. The van der Waals surface area contributed by atoms with E-state index in [9.17, 15) is 4.79 Å². The van der Waals surface area contributed by atoms with Gasteiger partial charge in [0.05, 0.1) is 0 Å². The van der Waals surface area contributed by atoms with Crippen molar-refractivity contribution in [3.63, 3.8) is 0 Å². The summed E-state index contributed by atoms with van der Waals surface area (Å²) in [4.78, 5) is 12.5. The van der Waals surface area contributed by atoms with Crippen LogP contribution in [0.15, 0.2) is 35.3 Å². The van der Waals surface area contributed by atoms with Gasteiger partial charge in [-0.2, -0.15) is 0 Å². The molecule has 1 aromatic heterocycles. The zero-order valence-corrected chi connectivity index (χ0v) is 11.4. The summed E-state index contributed by atoms with van der Waals surface area (Å²) in [6.45, 7) is 5.02. The van der Waals surface area contributed by atoms with Crippen LogP contribution in [0.4, 0.5) is 0 Å². The first kappa shape index (κ1) is 12.4. The first-order chi connectivity index (χ1) is 9.24. The molecule has 19 heavy (non-hydrogen) atoms. The van der Waals surface area contributed by atoms with E-state index in [-0.39, 0.29) is 5.56 Å². The third-order valence-electron chi connectivity index (χ3n) is 3.99. The molecule has 0 amide bonds. The van der Waals surface area contributed by atoms with Crippen molar-refractivity contribution in [2.45, 2.75) is 26.3 Å². The lowest BCUT2D eigenvalue weighted by Gasteiger charge is -2.23. The Kier molecular flexibility index (Phi) is 3.38. The highest BCUT2D eigenvalue weighted by Crippen LogP contribution is 2.14. The number of pyridine rings is 1. The lowest BCUT2D eigenvalue weighted by molar-refractivity contribution is 0.334. The summed E-state index contributed by atoms with van der Waals surface area (Å²) in [5.74, 6) is 0.578. The molecule has 1 fully saturated rings. The number of piperidine rings is 1. The molecular weight excluding hydrogens is 236 g/mol. The third kappa shape index (κ3) is 2.56. The highest BCUT2D eigenvalue weighted by atomic mass is 16.1. The summed E-state index contributed by atoms with van der Waals surface area (Å²) < 4.78 is 1.87. The summed E-state index contributed by atoms with van der Waals surface area (Å²) >= 11 is 0. The zero-order valence-electron chi connectivity index (χ0n) is 11.4. The lowest BCUT2D eigenvalue weighted by atomic mass is 9.99. The average Bonchev–Trinajstić information content (AvgIpc) is 2.43. The molecule has 3 nitrogen and oxygen atoms in total. The first-order valence-electron chi connectivity index (χ1n) is 7.04. The minimum atomic E-state index is 0.142. The molecule has 0 aliphatic carbocycles. The smallest absolute Gasteiger partial charge is 0.258 e. The molecule has 0 spiro atoms. The van der Waals surface area contributed by atoms with E-state index < -0.39 is 0 Å². The standard InChI is InChI=1S/C16H20N2O/c1-12-4-5-15-14(9-12)6-8-18(16(15)19)11-13-3-2-7-17-10-13/h4-6,8-9,13,17H,2-3,7,10-11H2,1H3. The Labute approximate surface area is 113 Å². The first-order valence-corrected chi connectivity index (χ1v) is 7.04. The Morgan fingerprint density at radius 2 is 2.26 bits per heavy atom. The Bertz CT molecular complexity index is 639. The van der Waals surface area contributed by atoms with Crippen molar-refractivity contribution in [1.29, 1.82) is 0 Å². The van der Waals surface area contributed by atoms with Gasteiger partial charge in [-0.1, -0.05) is 17.7 Å². The fourth-order valence-electron chi connectivity index (χ4n) is 2.91. The van der Waals surface area contributed by atoms with Crippen molar-refractivity contribution in [3.8, 4) is 0 Å². The predicted octanol–water partition coefficient (Wildman–Crippen LogP) is 2.31.